The lowest BCUT2D eigenvalue weighted by Crippen LogP contribution is -2.37. The highest BCUT2D eigenvalue weighted by atomic mass is 16.6. The van der Waals surface area contributed by atoms with E-state index in [2.05, 4.69) is 4.98 Å². The Morgan fingerprint density at radius 1 is 1.17 bits per heavy atom. The molecule has 0 atom stereocenters. The molecule has 10 nitrogen and oxygen atoms in total. The van der Waals surface area contributed by atoms with E-state index < -0.39 is 17.2 Å². The first-order valence-corrected chi connectivity index (χ1v) is 9.31. The third-order valence-electron chi connectivity index (χ3n) is 4.77. The number of aryl methyl sites for hydroxylation is 1. The van der Waals surface area contributed by atoms with Gasteiger partial charge in [0.25, 0.3) is 5.56 Å². The van der Waals surface area contributed by atoms with Crippen molar-refractivity contribution in [3.8, 4) is 11.5 Å². The zero-order chi connectivity index (χ0) is 21.3. The van der Waals surface area contributed by atoms with Crippen molar-refractivity contribution in [2.45, 2.75) is 6.54 Å². The van der Waals surface area contributed by atoms with Gasteiger partial charge in [-0.25, -0.2) is 14.6 Å². The first-order chi connectivity index (χ1) is 14.5. The van der Waals surface area contributed by atoms with Crippen LogP contribution in [0.2, 0.25) is 0 Å². The van der Waals surface area contributed by atoms with Crippen molar-refractivity contribution in [3.63, 3.8) is 0 Å². The third kappa shape index (κ3) is 3.59. The van der Waals surface area contributed by atoms with Crippen molar-refractivity contribution in [1.29, 1.82) is 0 Å². The highest BCUT2D eigenvalue weighted by molar-refractivity contribution is 5.87. The lowest BCUT2D eigenvalue weighted by atomic mass is 10.2. The second-order valence-corrected chi connectivity index (χ2v) is 6.72. The highest BCUT2D eigenvalue weighted by Crippen LogP contribution is 2.31. The number of nitrogens with zero attached hydrogens (tertiary/aromatic N) is 4. The van der Waals surface area contributed by atoms with Gasteiger partial charge in [0.15, 0.2) is 22.7 Å². The summed E-state index contributed by atoms with van der Waals surface area (Å²) in [5, 5.41) is 0. The fraction of sp³-hybridized carbons (Fsp3) is 0.300. The molecule has 0 amide bonds. The topological polar surface area (TPSA) is 107 Å². The maximum absolute atomic E-state index is 12.4. The molecule has 10 heteroatoms. The summed E-state index contributed by atoms with van der Waals surface area (Å²) in [6.07, 6.45) is 4.39. The largest absolute Gasteiger partial charge is 0.486 e. The monoisotopic (exact) mass is 412 g/mol. The van der Waals surface area contributed by atoms with Crippen molar-refractivity contribution in [2.24, 2.45) is 14.1 Å². The van der Waals surface area contributed by atoms with Crippen LogP contribution >= 0.6 is 0 Å². The molecule has 0 saturated carbocycles. The van der Waals surface area contributed by atoms with Gasteiger partial charge in [-0.3, -0.25) is 13.9 Å². The van der Waals surface area contributed by atoms with E-state index in [1.54, 1.807) is 29.8 Å². The predicted octanol–water partition coefficient (Wildman–Crippen LogP) is 0.461. The predicted molar refractivity (Wildman–Crippen MR) is 108 cm³/mol. The maximum atomic E-state index is 12.4. The SMILES string of the molecule is Cn1c(=O)c2c(ncn2CCOC(=O)/C=C/c2ccc3c(c2)OCCO3)n(C)c1=O. The van der Waals surface area contributed by atoms with E-state index in [1.165, 1.54) is 24.0 Å². The van der Waals surface area contributed by atoms with E-state index >= 15 is 0 Å². The van der Waals surface area contributed by atoms with Crippen molar-refractivity contribution in [1.82, 2.24) is 18.7 Å². The van der Waals surface area contributed by atoms with Gasteiger partial charge in [-0.1, -0.05) is 6.07 Å². The zero-order valence-electron chi connectivity index (χ0n) is 16.5. The van der Waals surface area contributed by atoms with E-state index in [0.29, 0.717) is 24.7 Å². The van der Waals surface area contributed by atoms with Gasteiger partial charge in [-0.05, 0) is 23.8 Å². The second kappa shape index (κ2) is 7.90. The van der Waals surface area contributed by atoms with Gasteiger partial charge in [-0.2, -0.15) is 0 Å². The van der Waals surface area contributed by atoms with Gasteiger partial charge >= 0.3 is 11.7 Å². The molecule has 0 radical (unpaired) electrons. The molecule has 0 saturated heterocycles. The van der Waals surface area contributed by atoms with Crippen molar-refractivity contribution >= 4 is 23.2 Å². The van der Waals surface area contributed by atoms with E-state index in [-0.39, 0.29) is 24.3 Å². The quantitative estimate of drug-likeness (QED) is 0.443. The summed E-state index contributed by atoms with van der Waals surface area (Å²) in [7, 11) is 2.95. The summed E-state index contributed by atoms with van der Waals surface area (Å²) in [6, 6.07) is 5.39. The number of aromatic nitrogens is 4. The molecule has 3 aromatic rings. The second-order valence-electron chi connectivity index (χ2n) is 6.72. The summed E-state index contributed by atoms with van der Waals surface area (Å²) in [6.45, 7) is 1.28. The molecule has 0 N–H and O–H groups in total. The lowest BCUT2D eigenvalue weighted by Gasteiger charge is -2.18. The van der Waals surface area contributed by atoms with Gasteiger partial charge in [0.05, 0.1) is 12.9 Å². The first-order valence-electron chi connectivity index (χ1n) is 9.31. The molecule has 1 aliphatic heterocycles. The Morgan fingerprint density at radius 3 is 2.73 bits per heavy atom. The molecule has 0 fully saturated rings. The molecule has 1 aliphatic rings. The molecule has 2 aromatic heterocycles. The smallest absolute Gasteiger partial charge is 0.332 e. The van der Waals surface area contributed by atoms with E-state index in [4.69, 9.17) is 14.2 Å². The summed E-state index contributed by atoms with van der Waals surface area (Å²) >= 11 is 0. The Kier molecular flexibility index (Phi) is 5.13. The molecule has 156 valence electrons. The van der Waals surface area contributed by atoms with E-state index in [1.807, 2.05) is 6.07 Å². The standard InChI is InChI=1S/C20H20N4O6/c1-22-18-17(19(26)23(2)20(22)27)24(12-21-18)7-8-30-16(25)6-4-13-3-5-14-15(11-13)29-10-9-28-14/h3-6,11-12H,7-10H2,1-2H3/b6-4+. The molecule has 0 unspecified atom stereocenters. The number of carbonyl (C=O) groups is 1. The van der Waals surface area contributed by atoms with Crippen LogP contribution in [-0.2, 0) is 30.2 Å². The third-order valence-corrected chi connectivity index (χ3v) is 4.77. The number of esters is 1. The van der Waals surface area contributed by atoms with Crippen LogP contribution in [0, 0.1) is 0 Å². The van der Waals surface area contributed by atoms with Gasteiger partial charge < -0.3 is 18.8 Å². The average Bonchev–Trinajstić information content (AvgIpc) is 3.18. The normalized spacial score (nSPS) is 13.1. The van der Waals surface area contributed by atoms with Gasteiger partial charge in [0.2, 0.25) is 0 Å². The molecule has 30 heavy (non-hydrogen) atoms. The molecule has 0 aliphatic carbocycles. The summed E-state index contributed by atoms with van der Waals surface area (Å²) in [5.41, 5.74) is 0.445. The fourth-order valence-electron chi connectivity index (χ4n) is 3.19. The number of rotatable bonds is 5. The highest BCUT2D eigenvalue weighted by Gasteiger charge is 2.14. The number of carbonyl (C=O) groups excluding carboxylic acids is 1. The minimum atomic E-state index is -0.519. The number of benzene rings is 1. The molecule has 4 rings (SSSR count). The van der Waals surface area contributed by atoms with Crippen LogP contribution in [0.1, 0.15) is 5.56 Å². The first kappa shape index (κ1) is 19.5. The van der Waals surface area contributed by atoms with Crippen LogP contribution in [0.3, 0.4) is 0 Å². The Labute approximate surface area is 170 Å². The molecule has 1 aromatic carbocycles. The molecule has 0 bridgehead atoms. The van der Waals surface area contributed by atoms with Crippen molar-refractivity contribution in [2.75, 3.05) is 19.8 Å². The molecule has 0 spiro atoms. The maximum Gasteiger partial charge on any atom is 0.332 e. The van der Waals surface area contributed by atoms with E-state index in [0.717, 1.165) is 10.1 Å². The number of hydrogen-bond acceptors (Lipinski definition) is 7. The van der Waals surface area contributed by atoms with Crippen molar-refractivity contribution < 1.29 is 19.0 Å². The Hall–Kier alpha value is -3.82. The van der Waals surface area contributed by atoms with Crippen LogP contribution in [0.5, 0.6) is 11.5 Å². The van der Waals surface area contributed by atoms with Gasteiger partial charge in [0.1, 0.15) is 19.8 Å². The number of imidazole rings is 1. The minimum Gasteiger partial charge on any atom is -0.486 e. The Balaban J connectivity index is 1.40. The van der Waals surface area contributed by atoms with Crippen LogP contribution in [0.4, 0.5) is 0 Å². The van der Waals surface area contributed by atoms with Crippen LogP contribution in [0.15, 0.2) is 40.2 Å². The molecular formula is C20H20N4O6. The molecule has 3 heterocycles. The van der Waals surface area contributed by atoms with Gasteiger partial charge in [-0.15, -0.1) is 0 Å². The van der Waals surface area contributed by atoms with Crippen molar-refractivity contribution in [3.05, 3.63) is 57.0 Å². The van der Waals surface area contributed by atoms with E-state index in [9.17, 15) is 14.4 Å². The summed E-state index contributed by atoms with van der Waals surface area (Å²) in [4.78, 5) is 40.5. The average molecular weight is 412 g/mol. The van der Waals surface area contributed by atoms with Gasteiger partial charge in [0, 0.05) is 20.2 Å². The van der Waals surface area contributed by atoms with Crippen LogP contribution in [-0.4, -0.2) is 44.5 Å². The van der Waals surface area contributed by atoms with Crippen LogP contribution < -0.4 is 20.7 Å². The Bertz CT molecular complexity index is 1270. The number of hydrogen-bond donors (Lipinski definition) is 0. The fourth-order valence-corrected chi connectivity index (χ4v) is 3.19. The number of ether oxygens (including phenoxy) is 3. The van der Waals surface area contributed by atoms with Crippen LogP contribution in [0.25, 0.3) is 17.2 Å². The lowest BCUT2D eigenvalue weighted by molar-refractivity contribution is -0.137. The number of fused-ring (bicyclic) bond motifs is 2. The molecular weight excluding hydrogens is 392 g/mol. The zero-order valence-corrected chi connectivity index (χ0v) is 16.5. The summed E-state index contributed by atoms with van der Waals surface area (Å²) in [5.74, 6) is 0.798. The Morgan fingerprint density at radius 2 is 1.93 bits per heavy atom. The minimum absolute atomic E-state index is 0.0434. The summed E-state index contributed by atoms with van der Waals surface area (Å²) < 4.78 is 20.1.